The highest BCUT2D eigenvalue weighted by atomic mass is 127. The van der Waals surface area contributed by atoms with Crippen LogP contribution >= 0.6 is 35.3 Å². The number of guanidine groups is 1. The van der Waals surface area contributed by atoms with E-state index in [1.807, 2.05) is 5.38 Å². The fourth-order valence-electron chi connectivity index (χ4n) is 1.86. The molecular formula is C15H17F3IN3O2S. The molecule has 0 aliphatic rings. The van der Waals surface area contributed by atoms with E-state index in [2.05, 4.69) is 15.0 Å². The fourth-order valence-corrected chi connectivity index (χ4v) is 2.64. The minimum Gasteiger partial charge on any atom is -0.404 e. The van der Waals surface area contributed by atoms with Crippen molar-refractivity contribution in [2.24, 2.45) is 10.7 Å². The summed E-state index contributed by atoms with van der Waals surface area (Å²) in [6.45, 7) is 1.53. The van der Waals surface area contributed by atoms with Gasteiger partial charge in [-0.1, -0.05) is 18.2 Å². The SMILES string of the molecule is CC(O)(CN=C(N)Nc1ccccc1OC(F)(F)F)c1cccs1.I. The zero-order valence-electron chi connectivity index (χ0n) is 13.1. The van der Waals surface area contributed by atoms with Crippen LogP contribution in [0.4, 0.5) is 18.9 Å². The third-order valence-electron chi connectivity index (χ3n) is 2.98. The van der Waals surface area contributed by atoms with Crippen molar-refractivity contribution in [1.82, 2.24) is 0 Å². The van der Waals surface area contributed by atoms with Gasteiger partial charge in [0.05, 0.1) is 12.2 Å². The van der Waals surface area contributed by atoms with Crippen molar-refractivity contribution in [1.29, 1.82) is 0 Å². The van der Waals surface area contributed by atoms with E-state index in [1.165, 1.54) is 29.5 Å². The molecule has 1 unspecified atom stereocenters. The highest BCUT2D eigenvalue weighted by Crippen LogP contribution is 2.30. The van der Waals surface area contributed by atoms with Crippen molar-refractivity contribution < 1.29 is 23.0 Å². The average molecular weight is 487 g/mol. The molecule has 0 amide bonds. The smallest absolute Gasteiger partial charge is 0.404 e. The molecule has 2 rings (SSSR count). The van der Waals surface area contributed by atoms with Gasteiger partial charge < -0.3 is 20.9 Å². The number of nitrogens with zero attached hydrogens (tertiary/aromatic N) is 1. The Bertz CT molecular complexity index is 706. The van der Waals surface area contributed by atoms with Crippen molar-refractivity contribution in [3.8, 4) is 5.75 Å². The van der Waals surface area contributed by atoms with E-state index in [-0.39, 0.29) is 42.2 Å². The Labute approximate surface area is 163 Å². The number of anilines is 1. The zero-order valence-corrected chi connectivity index (χ0v) is 16.2. The molecule has 0 aliphatic heterocycles. The van der Waals surface area contributed by atoms with Crippen LogP contribution < -0.4 is 15.8 Å². The summed E-state index contributed by atoms with van der Waals surface area (Å²) in [4.78, 5) is 4.70. The van der Waals surface area contributed by atoms with Crippen LogP contribution in [-0.4, -0.2) is 24.0 Å². The molecule has 0 bridgehead atoms. The maximum absolute atomic E-state index is 12.4. The molecule has 1 aromatic carbocycles. The van der Waals surface area contributed by atoms with Crippen LogP contribution in [0, 0.1) is 0 Å². The zero-order chi connectivity index (χ0) is 17.8. The van der Waals surface area contributed by atoms with E-state index in [9.17, 15) is 18.3 Å². The van der Waals surface area contributed by atoms with Gasteiger partial charge in [-0.15, -0.1) is 48.5 Å². The molecule has 10 heteroatoms. The molecule has 5 nitrogen and oxygen atoms in total. The molecule has 0 fully saturated rings. The maximum atomic E-state index is 12.4. The summed E-state index contributed by atoms with van der Waals surface area (Å²) in [5, 5.41) is 14.7. The normalized spacial score (nSPS) is 14.4. The van der Waals surface area contributed by atoms with Gasteiger partial charge in [0.1, 0.15) is 5.60 Å². The number of nitrogens with two attached hydrogens (primary N) is 1. The van der Waals surface area contributed by atoms with Crippen molar-refractivity contribution in [2.45, 2.75) is 18.9 Å². The third kappa shape index (κ3) is 6.71. The van der Waals surface area contributed by atoms with Crippen LogP contribution in [0.15, 0.2) is 46.8 Å². The number of benzene rings is 1. The summed E-state index contributed by atoms with van der Waals surface area (Å²) in [5.74, 6) is -0.557. The summed E-state index contributed by atoms with van der Waals surface area (Å²) in [5.41, 5.74) is 4.49. The third-order valence-corrected chi connectivity index (χ3v) is 4.11. The number of rotatable bonds is 5. The number of nitrogens with one attached hydrogen (secondary N) is 1. The minimum absolute atomic E-state index is 0. The number of hydrogen-bond acceptors (Lipinski definition) is 4. The number of para-hydroxylation sites is 2. The molecule has 0 aliphatic carbocycles. The molecular weight excluding hydrogens is 470 g/mol. The number of alkyl halides is 3. The van der Waals surface area contributed by atoms with Gasteiger partial charge in [0, 0.05) is 4.88 Å². The first-order valence-electron chi connectivity index (χ1n) is 6.85. The lowest BCUT2D eigenvalue weighted by molar-refractivity contribution is -0.274. The second-order valence-corrected chi connectivity index (χ2v) is 6.07. The lowest BCUT2D eigenvalue weighted by Gasteiger charge is -2.20. The van der Waals surface area contributed by atoms with Gasteiger partial charge in [0.15, 0.2) is 11.7 Å². The summed E-state index contributed by atoms with van der Waals surface area (Å²) >= 11 is 1.37. The van der Waals surface area contributed by atoms with Gasteiger partial charge >= 0.3 is 6.36 Å². The molecule has 138 valence electrons. The molecule has 2 aromatic rings. The first-order chi connectivity index (χ1) is 11.2. The van der Waals surface area contributed by atoms with Gasteiger partial charge in [-0.3, -0.25) is 0 Å². The van der Waals surface area contributed by atoms with Crippen molar-refractivity contribution >= 4 is 47.0 Å². The Kier molecular flexibility index (Phi) is 7.50. The van der Waals surface area contributed by atoms with E-state index >= 15 is 0 Å². The van der Waals surface area contributed by atoms with E-state index in [0.717, 1.165) is 6.07 Å². The standard InChI is InChI=1S/C15H16F3N3O2S.HI/c1-14(22,12-7-4-8-24-12)9-20-13(19)21-10-5-2-3-6-11(10)23-15(16,17)18;/h2-8,22H,9H2,1H3,(H3,19,20,21);1H. The van der Waals surface area contributed by atoms with E-state index in [0.29, 0.717) is 4.88 Å². The summed E-state index contributed by atoms with van der Waals surface area (Å²) in [6, 6.07) is 9.02. The average Bonchev–Trinajstić information content (AvgIpc) is 3.01. The van der Waals surface area contributed by atoms with Crippen molar-refractivity contribution in [3.63, 3.8) is 0 Å². The Balaban J connectivity index is 0.00000312. The second-order valence-electron chi connectivity index (χ2n) is 5.12. The monoisotopic (exact) mass is 487 g/mol. The van der Waals surface area contributed by atoms with Crippen molar-refractivity contribution in [2.75, 3.05) is 11.9 Å². The Morgan fingerprint density at radius 1 is 1.28 bits per heavy atom. The molecule has 0 saturated carbocycles. The summed E-state index contributed by atoms with van der Waals surface area (Å²) in [7, 11) is 0. The van der Waals surface area contributed by atoms with E-state index in [4.69, 9.17) is 5.73 Å². The largest absolute Gasteiger partial charge is 0.573 e. The molecule has 1 atom stereocenters. The Morgan fingerprint density at radius 3 is 2.56 bits per heavy atom. The molecule has 1 heterocycles. The van der Waals surface area contributed by atoms with Gasteiger partial charge in [-0.05, 0) is 30.5 Å². The first kappa shape index (κ1) is 21.5. The predicted molar refractivity (Wildman–Crippen MR) is 103 cm³/mol. The topological polar surface area (TPSA) is 79.9 Å². The Morgan fingerprint density at radius 2 is 1.96 bits per heavy atom. The van der Waals surface area contributed by atoms with E-state index < -0.39 is 17.7 Å². The number of hydrogen-bond donors (Lipinski definition) is 3. The highest BCUT2D eigenvalue weighted by Gasteiger charge is 2.32. The van der Waals surface area contributed by atoms with Crippen LogP contribution in [0.2, 0.25) is 0 Å². The number of aliphatic imine (C=N–C) groups is 1. The first-order valence-corrected chi connectivity index (χ1v) is 7.73. The number of halogens is 4. The summed E-state index contributed by atoms with van der Waals surface area (Å²) < 4.78 is 41.0. The quantitative estimate of drug-likeness (QED) is 0.340. The molecule has 4 N–H and O–H groups in total. The van der Waals surface area contributed by atoms with Gasteiger partial charge in [-0.2, -0.15) is 0 Å². The van der Waals surface area contributed by atoms with Crippen LogP contribution in [0.1, 0.15) is 11.8 Å². The predicted octanol–water partition coefficient (Wildman–Crippen LogP) is 3.90. The number of thiophene rings is 1. The maximum Gasteiger partial charge on any atom is 0.573 e. The molecule has 0 radical (unpaired) electrons. The van der Waals surface area contributed by atoms with Gasteiger partial charge in [0.25, 0.3) is 0 Å². The second kappa shape index (κ2) is 8.72. The lowest BCUT2D eigenvalue weighted by atomic mass is 10.1. The van der Waals surface area contributed by atoms with Gasteiger partial charge in [0.2, 0.25) is 0 Å². The van der Waals surface area contributed by atoms with Crippen LogP contribution in [0.25, 0.3) is 0 Å². The summed E-state index contributed by atoms with van der Waals surface area (Å²) in [6.07, 6.45) is -4.81. The molecule has 1 aromatic heterocycles. The Hall–Kier alpha value is -1.53. The van der Waals surface area contributed by atoms with Crippen molar-refractivity contribution in [3.05, 3.63) is 46.7 Å². The minimum atomic E-state index is -4.81. The molecule has 0 saturated heterocycles. The van der Waals surface area contributed by atoms with Crippen LogP contribution in [-0.2, 0) is 5.60 Å². The van der Waals surface area contributed by atoms with Gasteiger partial charge in [-0.25, -0.2) is 4.99 Å². The number of aliphatic hydroxyl groups is 1. The van der Waals surface area contributed by atoms with Crippen LogP contribution in [0.3, 0.4) is 0 Å². The number of ether oxygens (including phenoxy) is 1. The van der Waals surface area contributed by atoms with Crippen LogP contribution in [0.5, 0.6) is 5.75 Å². The lowest BCUT2D eigenvalue weighted by Crippen LogP contribution is -2.29. The fraction of sp³-hybridized carbons (Fsp3) is 0.267. The highest BCUT2D eigenvalue weighted by molar-refractivity contribution is 14.0. The molecule has 25 heavy (non-hydrogen) atoms. The van der Waals surface area contributed by atoms with E-state index in [1.54, 1.807) is 19.1 Å². The molecule has 0 spiro atoms.